The SMILES string of the molecule is C[C@@H]1O[C@H](CO)[C@@H](O)/C1=C/F. The van der Waals surface area contributed by atoms with Crippen LogP contribution in [0.1, 0.15) is 6.92 Å². The summed E-state index contributed by atoms with van der Waals surface area (Å²) in [4.78, 5) is 0. The minimum Gasteiger partial charge on any atom is -0.394 e. The van der Waals surface area contributed by atoms with Gasteiger partial charge in [-0.25, -0.2) is 4.39 Å². The summed E-state index contributed by atoms with van der Waals surface area (Å²) in [5.41, 5.74) is 0.198. The van der Waals surface area contributed by atoms with E-state index in [-0.39, 0.29) is 12.2 Å². The molecule has 0 saturated carbocycles. The summed E-state index contributed by atoms with van der Waals surface area (Å²) in [6, 6.07) is 0. The van der Waals surface area contributed by atoms with Gasteiger partial charge in [-0.1, -0.05) is 0 Å². The van der Waals surface area contributed by atoms with Gasteiger partial charge in [-0.2, -0.15) is 0 Å². The van der Waals surface area contributed by atoms with E-state index >= 15 is 0 Å². The highest BCUT2D eigenvalue weighted by atomic mass is 19.1. The molecule has 0 unspecified atom stereocenters. The van der Waals surface area contributed by atoms with Gasteiger partial charge >= 0.3 is 0 Å². The van der Waals surface area contributed by atoms with Crippen molar-refractivity contribution < 1.29 is 19.3 Å². The second-order valence-corrected chi connectivity index (χ2v) is 2.55. The van der Waals surface area contributed by atoms with Crippen LogP contribution in [0.2, 0.25) is 0 Å². The minimum atomic E-state index is -1.00. The van der Waals surface area contributed by atoms with Crippen LogP contribution in [0.3, 0.4) is 0 Å². The topological polar surface area (TPSA) is 49.7 Å². The van der Waals surface area contributed by atoms with Gasteiger partial charge in [0, 0.05) is 5.57 Å². The molecule has 1 fully saturated rings. The first-order chi connectivity index (χ1) is 5.20. The molecule has 0 aromatic heterocycles. The molecule has 4 heteroatoms. The summed E-state index contributed by atoms with van der Waals surface area (Å²) in [7, 11) is 0. The van der Waals surface area contributed by atoms with Crippen LogP contribution in [0.25, 0.3) is 0 Å². The van der Waals surface area contributed by atoms with Crippen molar-refractivity contribution in [3.8, 4) is 0 Å². The molecule has 11 heavy (non-hydrogen) atoms. The molecule has 3 atom stereocenters. The Balaban J connectivity index is 2.71. The molecule has 3 nitrogen and oxygen atoms in total. The number of hydrogen-bond donors (Lipinski definition) is 2. The van der Waals surface area contributed by atoms with Crippen LogP contribution in [0.5, 0.6) is 0 Å². The molecule has 0 amide bonds. The van der Waals surface area contributed by atoms with Crippen LogP contribution in [0, 0.1) is 0 Å². The Kier molecular flexibility index (Phi) is 2.59. The molecule has 0 aliphatic carbocycles. The second kappa shape index (κ2) is 3.30. The molecular weight excluding hydrogens is 151 g/mol. The number of aliphatic hydroxyl groups is 2. The van der Waals surface area contributed by atoms with E-state index in [0.29, 0.717) is 6.33 Å². The molecule has 0 spiro atoms. The molecule has 2 N–H and O–H groups in total. The Bertz CT molecular complexity index is 169. The summed E-state index contributed by atoms with van der Waals surface area (Å²) in [6.45, 7) is 1.34. The third-order valence-electron chi connectivity index (χ3n) is 1.85. The highest BCUT2D eigenvalue weighted by Crippen LogP contribution is 2.25. The van der Waals surface area contributed by atoms with E-state index in [1.54, 1.807) is 6.92 Å². The summed E-state index contributed by atoms with van der Waals surface area (Å²) in [5, 5.41) is 17.9. The smallest absolute Gasteiger partial charge is 0.111 e. The van der Waals surface area contributed by atoms with Gasteiger partial charge < -0.3 is 14.9 Å². The average molecular weight is 162 g/mol. The summed E-state index contributed by atoms with van der Waals surface area (Å²) in [5.74, 6) is 0. The quantitative estimate of drug-likeness (QED) is 0.569. The van der Waals surface area contributed by atoms with Gasteiger partial charge in [-0.15, -0.1) is 0 Å². The number of halogens is 1. The number of hydrogen-bond acceptors (Lipinski definition) is 3. The van der Waals surface area contributed by atoms with Crippen molar-refractivity contribution in [2.24, 2.45) is 0 Å². The molecule has 1 aliphatic heterocycles. The van der Waals surface area contributed by atoms with Gasteiger partial charge in [-0.05, 0) is 6.92 Å². The molecule has 0 aromatic rings. The van der Waals surface area contributed by atoms with Crippen LogP contribution in [-0.4, -0.2) is 35.1 Å². The monoisotopic (exact) mass is 162 g/mol. The third kappa shape index (κ3) is 1.42. The lowest BCUT2D eigenvalue weighted by Gasteiger charge is -2.08. The van der Waals surface area contributed by atoms with Crippen molar-refractivity contribution in [3.05, 3.63) is 11.9 Å². The minimum absolute atomic E-state index is 0.198. The standard InChI is InChI=1S/C7H11FO3/c1-4-5(2-8)7(10)6(3-9)11-4/h2,4,6-7,9-10H,3H2,1H3/b5-2+/t4-,6+,7-/m0/s1. The molecule has 1 aliphatic rings. The van der Waals surface area contributed by atoms with Crippen LogP contribution < -0.4 is 0 Å². The van der Waals surface area contributed by atoms with Crippen molar-refractivity contribution in [1.29, 1.82) is 0 Å². The lowest BCUT2D eigenvalue weighted by Crippen LogP contribution is -2.25. The van der Waals surface area contributed by atoms with E-state index in [0.717, 1.165) is 0 Å². The Labute approximate surface area is 64.1 Å². The summed E-state index contributed by atoms with van der Waals surface area (Å²) >= 11 is 0. The van der Waals surface area contributed by atoms with Crippen molar-refractivity contribution in [1.82, 2.24) is 0 Å². The fourth-order valence-corrected chi connectivity index (χ4v) is 1.17. The third-order valence-corrected chi connectivity index (χ3v) is 1.85. The van der Waals surface area contributed by atoms with E-state index in [4.69, 9.17) is 9.84 Å². The fourth-order valence-electron chi connectivity index (χ4n) is 1.17. The van der Waals surface area contributed by atoms with Crippen molar-refractivity contribution in [2.75, 3.05) is 6.61 Å². The highest BCUT2D eigenvalue weighted by Gasteiger charge is 2.35. The molecule has 1 heterocycles. The maximum absolute atomic E-state index is 12.0. The first-order valence-corrected chi connectivity index (χ1v) is 3.45. The van der Waals surface area contributed by atoms with E-state index in [2.05, 4.69) is 0 Å². The van der Waals surface area contributed by atoms with Gasteiger partial charge in [0.15, 0.2) is 0 Å². The zero-order valence-corrected chi connectivity index (χ0v) is 6.20. The predicted octanol–water partition coefficient (Wildman–Crippen LogP) is -0.0197. The van der Waals surface area contributed by atoms with Crippen molar-refractivity contribution in [2.45, 2.75) is 25.2 Å². The normalized spacial score (nSPS) is 41.8. The molecule has 0 bridgehead atoms. The zero-order chi connectivity index (χ0) is 8.43. The zero-order valence-electron chi connectivity index (χ0n) is 6.20. The van der Waals surface area contributed by atoms with E-state index in [1.165, 1.54) is 0 Å². The number of rotatable bonds is 1. The average Bonchev–Trinajstić information content (AvgIpc) is 2.26. The van der Waals surface area contributed by atoms with E-state index in [9.17, 15) is 9.50 Å². The van der Waals surface area contributed by atoms with Gasteiger partial charge in [0.05, 0.1) is 19.0 Å². The lowest BCUT2D eigenvalue weighted by molar-refractivity contribution is -0.0170. The summed E-state index contributed by atoms with van der Waals surface area (Å²) in [6.07, 6.45) is -1.77. The maximum atomic E-state index is 12.0. The van der Waals surface area contributed by atoms with Gasteiger partial charge in [0.25, 0.3) is 0 Å². The number of ether oxygens (including phenoxy) is 1. The molecular formula is C7H11FO3. The largest absolute Gasteiger partial charge is 0.394 e. The fraction of sp³-hybridized carbons (Fsp3) is 0.714. The Morgan fingerprint density at radius 1 is 1.73 bits per heavy atom. The van der Waals surface area contributed by atoms with Crippen LogP contribution >= 0.6 is 0 Å². The van der Waals surface area contributed by atoms with E-state index < -0.39 is 18.3 Å². The Morgan fingerprint density at radius 3 is 2.64 bits per heavy atom. The molecule has 1 saturated heterocycles. The highest BCUT2D eigenvalue weighted by molar-refractivity contribution is 5.16. The maximum Gasteiger partial charge on any atom is 0.111 e. The Hall–Kier alpha value is -0.450. The Morgan fingerprint density at radius 2 is 2.36 bits per heavy atom. The molecule has 0 radical (unpaired) electrons. The van der Waals surface area contributed by atoms with Crippen LogP contribution in [-0.2, 0) is 4.74 Å². The number of aliphatic hydroxyl groups excluding tert-OH is 2. The molecule has 1 rings (SSSR count). The van der Waals surface area contributed by atoms with Gasteiger partial charge in [0.2, 0.25) is 0 Å². The lowest BCUT2D eigenvalue weighted by atomic mass is 10.1. The predicted molar refractivity (Wildman–Crippen MR) is 36.6 cm³/mol. The second-order valence-electron chi connectivity index (χ2n) is 2.55. The first kappa shape index (κ1) is 8.64. The van der Waals surface area contributed by atoms with Gasteiger partial charge in [-0.3, -0.25) is 0 Å². The molecule has 64 valence electrons. The van der Waals surface area contributed by atoms with E-state index in [1.807, 2.05) is 0 Å². The first-order valence-electron chi connectivity index (χ1n) is 3.45. The van der Waals surface area contributed by atoms with Crippen molar-refractivity contribution in [3.63, 3.8) is 0 Å². The van der Waals surface area contributed by atoms with Crippen LogP contribution in [0.15, 0.2) is 11.9 Å². The van der Waals surface area contributed by atoms with Crippen molar-refractivity contribution >= 4 is 0 Å². The van der Waals surface area contributed by atoms with Gasteiger partial charge in [0.1, 0.15) is 12.2 Å². The van der Waals surface area contributed by atoms with Crippen LogP contribution in [0.4, 0.5) is 4.39 Å². The molecule has 0 aromatic carbocycles. The summed E-state index contributed by atoms with van der Waals surface area (Å²) < 4.78 is 17.0.